The average Bonchev–Trinajstić information content (AvgIpc) is 3.45. The Kier molecular flexibility index (Phi) is 6.57. The van der Waals surface area contributed by atoms with E-state index in [1.54, 1.807) is 0 Å². The first-order valence-corrected chi connectivity index (χ1v) is 12.3. The van der Waals surface area contributed by atoms with E-state index in [0.29, 0.717) is 25.7 Å². The molecule has 2 aromatic carbocycles. The zero-order valence-corrected chi connectivity index (χ0v) is 19.5. The first kappa shape index (κ1) is 23.1. The first-order valence-electron chi connectivity index (χ1n) is 12.3. The number of aliphatic carboxylic acids is 1. The molecule has 2 aromatic rings. The molecule has 0 spiro atoms. The highest BCUT2D eigenvalue weighted by atomic mass is 16.5. The summed E-state index contributed by atoms with van der Waals surface area (Å²) < 4.78 is 5.66. The first-order chi connectivity index (χ1) is 17.0. The van der Waals surface area contributed by atoms with Gasteiger partial charge in [-0.05, 0) is 47.9 Å². The molecule has 2 unspecified atom stereocenters. The van der Waals surface area contributed by atoms with E-state index in [-0.39, 0.29) is 36.4 Å². The van der Waals surface area contributed by atoms with Crippen LogP contribution in [0.3, 0.4) is 0 Å². The van der Waals surface area contributed by atoms with E-state index in [9.17, 15) is 19.5 Å². The number of carboxylic acid groups (broad SMARTS) is 1. The van der Waals surface area contributed by atoms with Gasteiger partial charge in [0, 0.05) is 18.0 Å². The zero-order valence-electron chi connectivity index (χ0n) is 19.5. The lowest BCUT2D eigenvalue weighted by Crippen LogP contribution is -2.47. The van der Waals surface area contributed by atoms with Crippen molar-refractivity contribution < 1.29 is 24.2 Å². The summed E-state index contributed by atoms with van der Waals surface area (Å²) in [6, 6.07) is 15.8. The molecule has 35 heavy (non-hydrogen) atoms. The largest absolute Gasteiger partial charge is 0.481 e. The lowest BCUT2D eigenvalue weighted by molar-refractivity contribution is -0.142. The third-order valence-electron chi connectivity index (χ3n) is 7.50. The van der Waals surface area contributed by atoms with Crippen molar-refractivity contribution in [2.24, 2.45) is 11.8 Å². The van der Waals surface area contributed by atoms with Crippen LogP contribution in [0.2, 0.25) is 0 Å². The molecule has 3 N–H and O–H groups in total. The quantitative estimate of drug-likeness (QED) is 0.544. The molecule has 0 aromatic heterocycles. The van der Waals surface area contributed by atoms with Gasteiger partial charge < -0.3 is 20.5 Å². The van der Waals surface area contributed by atoms with Crippen molar-refractivity contribution in [2.45, 2.75) is 50.1 Å². The van der Waals surface area contributed by atoms with Gasteiger partial charge in [0.1, 0.15) is 6.61 Å². The van der Waals surface area contributed by atoms with Crippen LogP contribution in [0.15, 0.2) is 60.7 Å². The molecule has 0 saturated heterocycles. The third kappa shape index (κ3) is 4.81. The molecule has 182 valence electrons. The smallest absolute Gasteiger partial charge is 0.407 e. The van der Waals surface area contributed by atoms with Crippen molar-refractivity contribution in [2.75, 3.05) is 6.61 Å². The number of fused-ring (bicyclic) bond motifs is 3. The molecule has 4 atom stereocenters. The van der Waals surface area contributed by atoms with Gasteiger partial charge in [-0.25, -0.2) is 4.79 Å². The maximum atomic E-state index is 12.9. The van der Waals surface area contributed by atoms with E-state index in [0.717, 1.165) is 17.5 Å². The fourth-order valence-corrected chi connectivity index (χ4v) is 5.72. The van der Waals surface area contributed by atoms with E-state index in [2.05, 4.69) is 34.9 Å². The summed E-state index contributed by atoms with van der Waals surface area (Å²) in [5.74, 6) is -1.84. The van der Waals surface area contributed by atoms with Crippen LogP contribution in [-0.2, 0) is 14.3 Å². The van der Waals surface area contributed by atoms with Gasteiger partial charge in [-0.15, -0.1) is 0 Å². The maximum Gasteiger partial charge on any atom is 0.407 e. The highest BCUT2D eigenvalue weighted by Crippen LogP contribution is 2.44. The number of carboxylic acids is 1. The van der Waals surface area contributed by atoms with Gasteiger partial charge in [-0.2, -0.15) is 0 Å². The number of alkyl carbamates (subject to hydrolysis) is 1. The Labute approximate surface area is 204 Å². The molecule has 7 heteroatoms. The van der Waals surface area contributed by atoms with Gasteiger partial charge >= 0.3 is 12.1 Å². The number of carbonyl (C=O) groups excluding carboxylic acids is 2. The lowest BCUT2D eigenvalue weighted by Gasteiger charge is -2.26. The van der Waals surface area contributed by atoms with Gasteiger partial charge in [0.15, 0.2) is 0 Å². The highest BCUT2D eigenvalue weighted by Gasteiger charge is 2.36. The van der Waals surface area contributed by atoms with Crippen LogP contribution in [0.5, 0.6) is 0 Å². The third-order valence-corrected chi connectivity index (χ3v) is 7.50. The van der Waals surface area contributed by atoms with Crippen molar-refractivity contribution >= 4 is 18.0 Å². The number of benzene rings is 2. The van der Waals surface area contributed by atoms with E-state index < -0.39 is 18.0 Å². The normalized spacial score (nSPS) is 24.9. The minimum absolute atomic E-state index is 0.0175. The summed E-state index contributed by atoms with van der Waals surface area (Å²) in [5.41, 5.74) is 4.65. The van der Waals surface area contributed by atoms with E-state index in [1.165, 1.54) is 11.1 Å². The Morgan fingerprint density at radius 2 is 1.63 bits per heavy atom. The molecule has 3 aliphatic carbocycles. The van der Waals surface area contributed by atoms with Crippen molar-refractivity contribution in [3.05, 3.63) is 71.8 Å². The van der Waals surface area contributed by atoms with Crippen molar-refractivity contribution in [3.8, 4) is 11.1 Å². The summed E-state index contributed by atoms with van der Waals surface area (Å²) in [5, 5.41) is 15.2. The lowest BCUT2D eigenvalue weighted by atomic mass is 9.90. The topological polar surface area (TPSA) is 105 Å². The number of hydrogen-bond donors (Lipinski definition) is 3. The number of rotatable bonds is 6. The Morgan fingerprint density at radius 3 is 2.31 bits per heavy atom. The Morgan fingerprint density at radius 1 is 0.943 bits per heavy atom. The number of amides is 2. The van der Waals surface area contributed by atoms with E-state index >= 15 is 0 Å². The molecule has 0 heterocycles. The standard InChI is InChI=1S/C28H30N2O5/c31-26(29-18-8-5-7-17(15-18)27(32)33)23-13-6-14-25(23)30-28(34)35-16-24-21-11-3-1-9-19(21)20-10-2-4-12-22(20)24/h1-5,8-12,17-18,23-25H,6-7,13-16H2,(H,29,31)(H,30,34)(H,32,33)/t17-,18-,23?,25?/m1/s1. The van der Waals surface area contributed by atoms with Crippen LogP contribution in [0, 0.1) is 11.8 Å². The fraction of sp³-hybridized carbons (Fsp3) is 0.393. The van der Waals surface area contributed by atoms with Crippen molar-refractivity contribution in [1.82, 2.24) is 10.6 Å². The second-order valence-electron chi connectivity index (χ2n) is 9.66. The van der Waals surface area contributed by atoms with Gasteiger partial charge in [0.05, 0.1) is 11.8 Å². The van der Waals surface area contributed by atoms with Crippen molar-refractivity contribution in [3.63, 3.8) is 0 Å². The summed E-state index contributed by atoms with van der Waals surface area (Å²) in [7, 11) is 0. The predicted molar refractivity (Wildman–Crippen MR) is 131 cm³/mol. The molecule has 3 aliphatic rings. The molecular formula is C28H30N2O5. The molecule has 5 rings (SSSR count). The Hall–Kier alpha value is -3.61. The van der Waals surface area contributed by atoms with Crippen LogP contribution >= 0.6 is 0 Å². The van der Waals surface area contributed by atoms with E-state index in [1.807, 2.05) is 36.4 Å². The Balaban J connectivity index is 1.17. The minimum Gasteiger partial charge on any atom is -0.481 e. The van der Waals surface area contributed by atoms with Gasteiger partial charge in [0.25, 0.3) is 0 Å². The van der Waals surface area contributed by atoms with Crippen molar-refractivity contribution in [1.29, 1.82) is 0 Å². The van der Waals surface area contributed by atoms with Crippen LogP contribution in [0.4, 0.5) is 4.79 Å². The second kappa shape index (κ2) is 9.94. The molecule has 0 aliphatic heterocycles. The number of ether oxygens (including phenoxy) is 1. The molecule has 2 amide bonds. The highest BCUT2D eigenvalue weighted by molar-refractivity contribution is 5.82. The molecule has 0 radical (unpaired) electrons. The SMILES string of the molecule is O=C(NC1CCCC1C(=O)N[C@@H]1C=CC[C@@H](C(=O)O)C1)OCC1c2ccccc2-c2ccccc21. The summed E-state index contributed by atoms with van der Waals surface area (Å²) in [4.78, 5) is 37.0. The molecule has 0 bridgehead atoms. The molecule has 1 saturated carbocycles. The summed E-state index contributed by atoms with van der Waals surface area (Å²) in [6.07, 6.45) is 6.25. The second-order valence-corrected chi connectivity index (χ2v) is 9.66. The predicted octanol–water partition coefficient (Wildman–Crippen LogP) is 4.23. The monoisotopic (exact) mass is 474 g/mol. The van der Waals surface area contributed by atoms with Crippen LogP contribution in [0.25, 0.3) is 11.1 Å². The summed E-state index contributed by atoms with van der Waals surface area (Å²) in [6.45, 7) is 0.229. The number of hydrogen-bond acceptors (Lipinski definition) is 4. The number of carbonyl (C=O) groups is 3. The molecule has 1 fully saturated rings. The van der Waals surface area contributed by atoms with Crippen LogP contribution < -0.4 is 10.6 Å². The molecule has 7 nitrogen and oxygen atoms in total. The van der Waals surface area contributed by atoms with E-state index in [4.69, 9.17) is 4.74 Å². The van der Waals surface area contributed by atoms with Gasteiger partial charge in [-0.1, -0.05) is 67.1 Å². The van der Waals surface area contributed by atoms with Gasteiger partial charge in [0.2, 0.25) is 5.91 Å². The maximum absolute atomic E-state index is 12.9. The summed E-state index contributed by atoms with van der Waals surface area (Å²) >= 11 is 0. The molecular weight excluding hydrogens is 444 g/mol. The van der Waals surface area contributed by atoms with Crippen LogP contribution in [0.1, 0.15) is 49.1 Å². The van der Waals surface area contributed by atoms with Gasteiger partial charge in [-0.3, -0.25) is 9.59 Å². The fourth-order valence-electron chi connectivity index (χ4n) is 5.72. The number of allylic oxidation sites excluding steroid dienone is 1. The number of nitrogens with one attached hydrogen (secondary N) is 2. The van der Waals surface area contributed by atoms with Crippen LogP contribution in [-0.4, -0.2) is 41.8 Å². The Bertz CT molecular complexity index is 1110. The average molecular weight is 475 g/mol. The zero-order chi connectivity index (χ0) is 24.4. The minimum atomic E-state index is -0.843.